The Bertz CT molecular complexity index is 341. The van der Waals surface area contributed by atoms with Gasteiger partial charge in [0, 0.05) is 6.42 Å². The maximum absolute atomic E-state index is 11.6. The highest BCUT2D eigenvalue weighted by atomic mass is 32.1. The molecule has 15 heavy (non-hydrogen) atoms. The first-order chi connectivity index (χ1) is 6.90. The Hall–Kier alpha value is -0.970. The summed E-state index contributed by atoms with van der Waals surface area (Å²) in [6.07, 6.45) is 1.35. The Balaban J connectivity index is 2.51. The number of nitrogens with one attached hydrogen (secondary N) is 1. The van der Waals surface area contributed by atoms with Crippen LogP contribution < -0.4 is 5.32 Å². The third-order valence-electron chi connectivity index (χ3n) is 1.71. The molecule has 0 aliphatic heterocycles. The van der Waals surface area contributed by atoms with Gasteiger partial charge >= 0.3 is 0 Å². The van der Waals surface area contributed by atoms with Crippen LogP contribution in [-0.2, 0) is 11.2 Å². The van der Waals surface area contributed by atoms with Crippen molar-refractivity contribution in [2.45, 2.75) is 40.5 Å². The maximum Gasteiger partial charge on any atom is 0.226 e. The summed E-state index contributed by atoms with van der Waals surface area (Å²) in [5, 5.41) is 12.1. The number of anilines is 1. The minimum atomic E-state index is 0.00121. The lowest BCUT2D eigenvalue weighted by Gasteiger charge is -2.16. The Morgan fingerprint density at radius 2 is 2.07 bits per heavy atom. The molecule has 0 unspecified atom stereocenters. The summed E-state index contributed by atoms with van der Waals surface area (Å²) in [4.78, 5) is 11.6. The summed E-state index contributed by atoms with van der Waals surface area (Å²) in [7, 11) is 0. The quantitative estimate of drug-likeness (QED) is 0.863. The van der Waals surface area contributed by atoms with Gasteiger partial charge in [0.2, 0.25) is 11.0 Å². The van der Waals surface area contributed by atoms with Crippen LogP contribution in [0.4, 0.5) is 5.13 Å². The summed E-state index contributed by atoms with van der Waals surface area (Å²) >= 11 is 1.43. The molecule has 0 atom stereocenters. The van der Waals surface area contributed by atoms with Gasteiger partial charge in [-0.05, 0) is 11.8 Å². The van der Waals surface area contributed by atoms with Gasteiger partial charge in [0.25, 0.3) is 0 Å². The number of hydrogen-bond donors (Lipinski definition) is 1. The van der Waals surface area contributed by atoms with Gasteiger partial charge in [0.05, 0.1) is 0 Å². The topological polar surface area (TPSA) is 54.9 Å². The molecule has 84 valence electrons. The average Bonchev–Trinajstić information content (AvgIpc) is 2.48. The van der Waals surface area contributed by atoms with Crippen molar-refractivity contribution in [1.29, 1.82) is 0 Å². The molecule has 1 rings (SSSR count). The lowest BCUT2D eigenvalue weighted by molar-refractivity contribution is -0.117. The lowest BCUT2D eigenvalue weighted by atomic mass is 9.92. The van der Waals surface area contributed by atoms with Crippen molar-refractivity contribution in [1.82, 2.24) is 10.2 Å². The van der Waals surface area contributed by atoms with Crippen molar-refractivity contribution in [3.05, 3.63) is 5.01 Å². The molecule has 0 saturated carbocycles. The number of carbonyl (C=O) groups excluding carboxylic acids is 1. The molecule has 0 aliphatic carbocycles. The van der Waals surface area contributed by atoms with E-state index in [2.05, 4.69) is 15.5 Å². The molecule has 1 N–H and O–H groups in total. The summed E-state index contributed by atoms with van der Waals surface area (Å²) in [5.74, 6) is 0.00121. The molecule has 1 aromatic rings. The molecule has 0 aromatic carbocycles. The Morgan fingerprint density at radius 1 is 1.40 bits per heavy atom. The van der Waals surface area contributed by atoms with Crippen molar-refractivity contribution in [2.75, 3.05) is 5.32 Å². The van der Waals surface area contributed by atoms with Gasteiger partial charge in [0.1, 0.15) is 5.01 Å². The first kappa shape index (κ1) is 12.1. The largest absolute Gasteiger partial charge is 0.301 e. The fraction of sp³-hybridized carbons (Fsp3) is 0.700. The van der Waals surface area contributed by atoms with Crippen LogP contribution in [-0.4, -0.2) is 16.1 Å². The monoisotopic (exact) mass is 227 g/mol. The number of rotatable bonds is 3. The van der Waals surface area contributed by atoms with E-state index in [4.69, 9.17) is 0 Å². The smallest absolute Gasteiger partial charge is 0.226 e. The third kappa shape index (κ3) is 4.38. The molecule has 0 bridgehead atoms. The van der Waals surface area contributed by atoms with Gasteiger partial charge in [-0.2, -0.15) is 0 Å². The van der Waals surface area contributed by atoms with E-state index in [0.29, 0.717) is 11.6 Å². The van der Waals surface area contributed by atoms with Gasteiger partial charge in [-0.1, -0.05) is 39.0 Å². The van der Waals surface area contributed by atoms with Crippen molar-refractivity contribution >= 4 is 22.4 Å². The molecule has 0 aliphatic rings. The highest BCUT2D eigenvalue weighted by molar-refractivity contribution is 7.15. The SMILES string of the molecule is CCc1nnc(NC(=O)CC(C)(C)C)s1. The van der Waals surface area contributed by atoms with Crippen LogP contribution in [0.2, 0.25) is 0 Å². The highest BCUT2D eigenvalue weighted by Crippen LogP contribution is 2.21. The van der Waals surface area contributed by atoms with Gasteiger partial charge < -0.3 is 5.32 Å². The molecule has 1 amide bonds. The second kappa shape index (κ2) is 4.70. The van der Waals surface area contributed by atoms with Crippen molar-refractivity contribution in [2.24, 2.45) is 5.41 Å². The third-order valence-corrected chi connectivity index (χ3v) is 2.69. The van der Waals surface area contributed by atoms with Gasteiger partial charge in [-0.15, -0.1) is 10.2 Å². The molecule has 4 nitrogen and oxygen atoms in total. The van der Waals surface area contributed by atoms with E-state index >= 15 is 0 Å². The second-order valence-electron chi connectivity index (χ2n) is 4.64. The van der Waals surface area contributed by atoms with Gasteiger partial charge in [-0.3, -0.25) is 4.79 Å². The molecular weight excluding hydrogens is 210 g/mol. The number of carbonyl (C=O) groups is 1. The molecular formula is C10H17N3OS. The molecule has 0 radical (unpaired) electrons. The molecule has 0 fully saturated rings. The zero-order valence-electron chi connectivity index (χ0n) is 9.63. The van der Waals surface area contributed by atoms with Crippen LogP contribution in [0.25, 0.3) is 0 Å². The van der Waals surface area contributed by atoms with Crippen molar-refractivity contribution in [3.8, 4) is 0 Å². The van der Waals surface area contributed by atoms with Gasteiger partial charge in [0.15, 0.2) is 0 Å². The zero-order valence-corrected chi connectivity index (χ0v) is 10.4. The van der Waals surface area contributed by atoms with Crippen LogP contribution in [0.15, 0.2) is 0 Å². The van der Waals surface area contributed by atoms with Crippen LogP contribution in [0.5, 0.6) is 0 Å². The summed E-state index contributed by atoms with van der Waals surface area (Å²) in [6, 6.07) is 0. The molecule has 1 aromatic heterocycles. The van der Waals surface area contributed by atoms with E-state index in [0.717, 1.165) is 11.4 Å². The van der Waals surface area contributed by atoms with E-state index in [1.807, 2.05) is 27.7 Å². The van der Waals surface area contributed by atoms with E-state index in [-0.39, 0.29) is 11.3 Å². The normalized spacial score (nSPS) is 11.5. The fourth-order valence-corrected chi connectivity index (χ4v) is 1.79. The number of amides is 1. The Morgan fingerprint density at radius 3 is 2.53 bits per heavy atom. The van der Waals surface area contributed by atoms with Crippen LogP contribution in [0.1, 0.15) is 39.1 Å². The van der Waals surface area contributed by atoms with E-state index in [9.17, 15) is 4.79 Å². The minimum absolute atomic E-state index is 0.00121. The number of nitrogens with zero attached hydrogens (tertiary/aromatic N) is 2. The Kier molecular flexibility index (Phi) is 3.79. The Labute approximate surface area is 94.1 Å². The number of aromatic nitrogens is 2. The van der Waals surface area contributed by atoms with Gasteiger partial charge in [-0.25, -0.2) is 0 Å². The number of hydrogen-bond acceptors (Lipinski definition) is 4. The first-order valence-electron chi connectivity index (χ1n) is 5.03. The summed E-state index contributed by atoms with van der Waals surface area (Å²) in [5.41, 5.74) is 0.00234. The predicted molar refractivity (Wildman–Crippen MR) is 62.0 cm³/mol. The van der Waals surface area contributed by atoms with Crippen LogP contribution in [0, 0.1) is 5.41 Å². The number of aryl methyl sites for hydroxylation is 1. The zero-order chi connectivity index (χ0) is 11.5. The lowest BCUT2D eigenvalue weighted by Crippen LogP contribution is -2.19. The van der Waals surface area contributed by atoms with Crippen molar-refractivity contribution < 1.29 is 4.79 Å². The van der Waals surface area contributed by atoms with Crippen LogP contribution >= 0.6 is 11.3 Å². The van der Waals surface area contributed by atoms with Crippen molar-refractivity contribution in [3.63, 3.8) is 0 Å². The van der Waals surface area contributed by atoms with Crippen LogP contribution in [0.3, 0.4) is 0 Å². The summed E-state index contributed by atoms with van der Waals surface area (Å²) in [6.45, 7) is 8.11. The highest BCUT2D eigenvalue weighted by Gasteiger charge is 2.16. The molecule has 0 spiro atoms. The molecule has 5 heteroatoms. The minimum Gasteiger partial charge on any atom is -0.301 e. The fourth-order valence-electron chi connectivity index (χ4n) is 1.09. The second-order valence-corrected chi connectivity index (χ2v) is 5.70. The van der Waals surface area contributed by atoms with E-state index < -0.39 is 0 Å². The first-order valence-corrected chi connectivity index (χ1v) is 5.84. The maximum atomic E-state index is 11.6. The van der Waals surface area contributed by atoms with E-state index in [1.54, 1.807) is 0 Å². The molecule has 1 heterocycles. The van der Waals surface area contributed by atoms with E-state index in [1.165, 1.54) is 11.3 Å². The predicted octanol–water partition coefficient (Wildman–Crippen LogP) is 2.48. The standard InChI is InChI=1S/C10H17N3OS/c1-5-8-12-13-9(15-8)11-7(14)6-10(2,3)4/h5-6H2,1-4H3,(H,11,13,14). The summed E-state index contributed by atoms with van der Waals surface area (Å²) < 4.78 is 0. The average molecular weight is 227 g/mol. The molecule has 0 saturated heterocycles.